The number of nitrogens with one attached hydrogen (secondary N) is 1. The maximum atomic E-state index is 12.4. The number of hydrogen-bond donors (Lipinski definition) is 1. The summed E-state index contributed by atoms with van der Waals surface area (Å²) in [6.07, 6.45) is 0. The number of imide groups is 1. The summed E-state index contributed by atoms with van der Waals surface area (Å²) >= 11 is 0. The van der Waals surface area contributed by atoms with Crippen molar-refractivity contribution in [3.8, 4) is 0 Å². The number of ketones is 1. The van der Waals surface area contributed by atoms with Crippen LogP contribution in [0, 0.1) is 0 Å². The lowest BCUT2D eigenvalue weighted by molar-refractivity contribution is 0.0876. The molecule has 2 aromatic carbocycles. The number of carbonyl (C=O) groups excluding carboxylic acids is 3. The lowest BCUT2D eigenvalue weighted by Gasteiger charge is -2.04. The molecular formula is C15H9NO3. The minimum atomic E-state index is -0.514. The Labute approximate surface area is 109 Å². The summed E-state index contributed by atoms with van der Waals surface area (Å²) in [4.78, 5) is 35.7. The largest absolute Gasteiger partial charge is 0.289 e. The van der Waals surface area contributed by atoms with Crippen LogP contribution in [-0.2, 0) is 0 Å². The first-order valence-electron chi connectivity index (χ1n) is 5.77. The van der Waals surface area contributed by atoms with E-state index in [0.29, 0.717) is 5.56 Å². The summed E-state index contributed by atoms with van der Waals surface area (Å²) in [5.41, 5.74) is 1.17. The predicted octanol–water partition coefficient (Wildman–Crippen LogP) is 1.80. The number of amides is 2. The highest BCUT2D eigenvalue weighted by Crippen LogP contribution is 2.22. The minimum Gasteiger partial charge on any atom is -0.289 e. The molecule has 1 aliphatic heterocycles. The SMILES string of the molecule is O=C1NC(=O)c2c1cccc2C(=O)c1ccccc1. The van der Waals surface area contributed by atoms with Gasteiger partial charge < -0.3 is 0 Å². The highest BCUT2D eigenvalue weighted by Gasteiger charge is 2.31. The van der Waals surface area contributed by atoms with E-state index in [1.165, 1.54) is 6.07 Å². The van der Waals surface area contributed by atoms with Crippen LogP contribution in [0.3, 0.4) is 0 Å². The monoisotopic (exact) mass is 251 g/mol. The molecule has 1 heterocycles. The van der Waals surface area contributed by atoms with E-state index in [4.69, 9.17) is 0 Å². The van der Waals surface area contributed by atoms with Gasteiger partial charge in [0.15, 0.2) is 5.78 Å². The molecule has 0 atom stereocenters. The molecule has 1 N–H and O–H groups in total. The normalized spacial score (nSPS) is 13.1. The fourth-order valence-corrected chi connectivity index (χ4v) is 2.15. The highest BCUT2D eigenvalue weighted by molar-refractivity contribution is 6.26. The molecule has 2 aromatic rings. The van der Waals surface area contributed by atoms with Crippen molar-refractivity contribution in [3.05, 3.63) is 70.8 Å². The number of fused-ring (bicyclic) bond motifs is 1. The van der Waals surface area contributed by atoms with Gasteiger partial charge in [0.1, 0.15) is 0 Å². The van der Waals surface area contributed by atoms with E-state index in [-0.39, 0.29) is 22.5 Å². The van der Waals surface area contributed by atoms with E-state index in [9.17, 15) is 14.4 Å². The van der Waals surface area contributed by atoms with Gasteiger partial charge in [0.05, 0.1) is 11.1 Å². The molecule has 4 nitrogen and oxygen atoms in total. The maximum absolute atomic E-state index is 12.4. The predicted molar refractivity (Wildman–Crippen MR) is 68.1 cm³/mol. The summed E-state index contributed by atoms with van der Waals surface area (Å²) in [7, 11) is 0. The topological polar surface area (TPSA) is 63.2 Å². The number of carbonyl (C=O) groups is 3. The molecule has 0 bridgehead atoms. The molecular weight excluding hydrogens is 242 g/mol. The van der Waals surface area contributed by atoms with Crippen molar-refractivity contribution in [2.75, 3.05) is 0 Å². The Morgan fingerprint density at radius 3 is 2.32 bits per heavy atom. The Morgan fingerprint density at radius 1 is 0.842 bits per heavy atom. The number of benzene rings is 2. The van der Waals surface area contributed by atoms with Gasteiger partial charge in [-0.3, -0.25) is 19.7 Å². The molecule has 92 valence electrons. The molecule has 0 aliphatic carbocycles. The summed E-state index contributed by atoms with van der Waals surface area (Å²) < 4.78 is 0. The second-order valence-electron chi connectivity index (χ2n) is 4.21. The van der Waals surface area contributed by atoms with Crippen molar-refractivity contribution in [2.24, 2.45) is 0 Å². The van der Waals surface area contributed by atoms with Crippen LogP contribution in [0.15, 0.2) is 48.5 Å². The highest BCUT2D eigenvalue weighted by atomic mass is 16.2. The van der Waals surface area contributed by atoms with Gasteiger partial charge in [-0.1, -0.05) is 42.5 Å². The molecule has 3 rings (SSSR count). The molecule has 0 unspecified atom stereocenters. The van der Waals surface area contributed by atoms with Crippen LogP contribution < -0.4 is 5.32 Å². The first-order valence-corrected chi connectivity index (χ1v) is 5.77. The van der Waals surface area contributed by atoms with Gasteiger partial charge in [-0.25, -0.2) is 0 Å². The van der Waals surface area contributed by atoms with Crippen LogP contribution in [0.25, 0.3) is 0 Å². The molecule has 0 spiro atoms. The molecule has 0 saturated carbocycles. The third kappa shape index (κ3) is 1.74. The van der Waals surface area contributed by atoms with Gasteiger partial charge in [0.2, 0.25) is 0 Å². The molecule has 0 radical (unpaired) electrons. The minimum absolute atomic E-state index is 0.168. The van der Waals surface area contributed by atoms with Crippen LogP contribution in [-0.4, -0.2) is 17.6 Å². The van der Waals surface area contributed by atoms with Crippen molar-refractivity contribution < 1.29 is 14.4 Å². The van der Waals surface area contributed by atoms with Crippen LogP contribution in [0.4, 0.5) is 0 Å². The lowest BCUT2D eigenvalue weighted by atomic mass is 9.96. The molecule has 1 aliphatic rings. The van der Waals surface area contributed by atoms with Gasteiger partial charge >= 0.3 is 0 Å². The van der Waals surface area contributed by atoms with Crippen molar-refractivity contribution in [1.29, 1.82) is 0 Å². The molecule has 0 aromatic heterocycles. The first-order chi connectivity index (χ1) is 9.18. The maximum Gasteiger partial charge on any atom is 0.259 e. The van der Waals surface area contributed by atoms with Crippen molar-refractivity contribution in [2.45, 2.75) is 0 Å². The summed E-state index contributed by atoms with van der Waals surface area (Å²) in [5, 5.41) is 2.20. The van der Waals surface area contributed by atoms with E-state index in [1.54, 1.807) is 36.4 Å². The zero-order valence-corrected chi connectivity index (χ0v) is 9.84. The Kier molecular flexibility index (Phi) is 2.49. The molecule has 2 amide bonds. The quantitative estimate of drug-likeness (QED) is 0.654. The Balaban J connectivity index is 2.16. The average Bonchev–Trinajstić information content (AvgIpc) is 2.74. The third-order valence-electron chi connectivity index (χ3n) is 3.04. The van der Waals surface area contributed by atoms with Crippen molar-refractivity contribution >= 4 is 17.6 Å². The number of hydrogen-bond acceptors (Lipinski definition) is 3. The van der Waals surface area contributed by atoms with Crippen LogP contribution in [0.2, 0.25) is 0 Å². The van der Waals surface area contributed by atoms with Crippen molar-refractivity contribution in [1.82, 2.24) is 5.32 Å². The zero-order valence-electron chi connectivity index (χ0n) is 9.84. The average molecular weight is 251 g/mol. The third-order valence-corrected chi connectivity index (χ3v) is 3.04. The lowest BCUT2D eigenvalue weighted by Crippen LogP contribution is -2.20. The fourth-order valence-electron chi connectivity index (χ4n) is 2.15. The Morgan fingerprint density at radius 2 is 1.58 bits per heavy atom. The second kappa shape index (κ2) is 4.17. The smallest absolute Gasteiger partial charge is 0.259 e. The van der Waals surface area contributed by atoms with E-state index in [0.717, 1.165) is 0 Å². The molecule has 4 heteroatoms. The first kappa shape index (κ1) is 11.3. The van der Waals surface area contributed by atoms with Gasteiger partial charge in [0.25, 0.3) is 11.8 Å². The zero-order chi connectivity index (χ0) is 13.4. The standard InChI is InChI=1S/C15H9NO3/c17-13(9-5-2-1-3-6-9)10-7-4-8-11-12(10)15(19)16-14(11)18/h1-8H,(H,16,18,19). The van der Waals surface area contributed by atoms with E-state index in [1.807, 2.05) is 6.07 Å². The Hall–Kier alpha value is -2.75. The summed E-state index contributed by atoms with van der Waals surface area (Å²) in [6.45, 7) is 0. The van der Waals surface area contributed by atoms with E-state index < -0.39 is 11.8 Å². The summed E-state index contributed by atoms with van der Waals surface area (Å²) in [5.74, 6) is -1.23. The molecule has 19 heavy (non-hydrogen) atoms. The Bertz CT molecular complexity index is 705. The fraction of sp³-hybridized carbons (Fsp3) is 0. The van der Waals surface area contributed by atoms with Gasteiger partial charge in [-0.05, 0) is 6.07 Å². The van der Waals surface area contributed by atoms with E-state index in [2.05, 4.69) is 5.32 Å². The summed E-state index contributed by atoms with van der Waals surface area (Å²) in [6, 6.07) is 13.4. The second-order valence-corrected chi connectivity index (χ2v) is 4.21. The molecule has 0 saturated heterocycles. The number of rotatable bonds is 2. The molecule has 0 fully saturated rings. The van der Waals surface area contributed by atoms with Gasteiger partial charge in [0, 0.05) is 11.1 Å². The van der Waals surface area contributed by atoms with Crippen molar-refractivity contribution in [3.63, 3.8) is 0 Å². The van der Waals surface area contributed by atoms with Crippen LogP contribution in [0.5, 0.6) is 0 Å². The van der Waals surface area contributed by atoms with Gasteiger partial charge in [-0.2, -0.15) is 0 Å². The van der Waals surface area contributed by atoms with Crippen LogP contribution >= 0.6 is 0 Å². The van der Waals surface area contributed by atoms with Gasteiger partial charge in [-0.15, -0.1) is 0 Å². The van der Waals surface area contributed by atoms with Crippen LogP contribution in [0.1, 0.15) is 36.6 Å². The van der Waals surface area contributed by atoms with E-state index >= 15 is 0 Å².